The van der Waals surface area contributed by atoms with Gasteiger partial charge >= 0.3 is 0 Å². The van der Waals surface area contributed by atoms with Crippen LogP contribution in [-0.2, 0) is 6.42 Å². The van der Waals surface area contributed by atoms with Crippen LogP contribution in [0, 0.1) is 0 Å². The van der Waals surface area contributed by atoms with Gasteiger partial charge in [-0.25, -0.2) is 4.39 Å². The summed E-state index contributed by atoms with van der Waals surface area (Å²) in [6.45, 7) is 0. The Morgan fingerprint density at radius 1 is 1.07 bits per heavy atom. The zero-order chi connectivity index (χ0) is 10.7. The van der Waals surface area contributed by atoms with Gasteiger partial charge in [0.1, 0.15) is 6.17 Å². The predicted octanol–water partition coefficient (Wildman–Crippen LogP) is 4.12. The SMILES string of the molecule is F[C@@H](CBr)Cc1ccc2ccccc2c1. The molecule has 1 atom stereocenters. The van der Waals surface area contributed by atoms with E-state index in [1.165, 1.54) is 10.8 Å². The molecule has 0 saturated heterocycles. The van der Waals surface area contributed by atoms with Crippen molar-refractivity contribution in [1.82, 2.24) is 0 Å². The topological polar surface area (TPSA) is 0 Å². The molecule has 0 saturated carbocycles. The number of rotatable bonds is 3. The van der Waals surface area contributed by atoms with Gasteiger partial charge in [-0.3, -0.25) is 0 Å². The van der Waals surface area contributed by atoms with Crippen molar-refractivity contribution in [3.8, 4) is 0 Å². The normalized spacial score (nSPS) is 12.9. The fraction of sp³-hybridized carbons (Fsp3) is 0.231. The summed E-state index contributed by atoms with van der Waals surface area (Å²) in [6, 6.07) is 14.2. The van der Waals surface area contributed by atoms with E-state index in [0.717, 1.165) is 5.56 Å². The highest BCUT2D eigenvalue weighted by molar-refractivity contribution is 9.09. The molecule has 2 heteroatoms. The predicted molar refractivity (Wildman–Crippen MR) is 66.3 cm³/mol. The zero-order valence-electron chi connectivity index (χ0n) is 8.29. The molecule has 0 aromatic heterocycles. The molecule has 2 rings (SSSR count). The van der Waals surface area contributed by atoms with Crippen LogP contribution in [0.3, 0.4) is 0 Å². The largest absolute Gasteiger partial charge is 0.246 e. The summed E-state index contributed by atoms with van der Waals surface area (Å²) in [4.78, 5) is 0. The Morgan fingerprint density at radius 2 is 1.80 bits per heavy atom. The van der Waals surface area contributed by atoms with Crippen LogP contribution < -0.4 is 0 Å². The maximum Gasteiger partial charge on any atom is 0.114 e. The number of halogens is 2. The fourth-order valence-electron chi connectivity index (χ4n) is 1.68. The summed E-state index contributed by atoms with van der Waals surface area (Å²) >= 11 is 3.15. The van der Waals surface area contributed by atoms with Gasteiger partial charge in [-0.15, -0.1) is 0 Å². The molecule has 2 aromatic carbocycles. The van der Waals surface area contributed by atoms with Gasteiger partial charge in [0, 0.05) is 11.8 Å². The number of benzene rings is 2. The minimum absolute atomic E-state index is 0.403. The Kier molecular flexibility index (Phi) is 3.37. The van der Waals surface area contributed by atoms with Gasteiger partial charge in [0.15, 0.2) is 0 Å². The quantitative estimate of drug-likeness (QED) is 0.734. The third kappa shape index (κ3) is 2.57. The third-order valence-electron chi connectivity index (χ3n) is 2.44. The minimum atomic E-state index is -0.800. The molecule has 0 fully saturated rings. The lowest BCUT2D eigenvalue weighted by atomic mass is 10.0. The van der Waals surface area contributed by atoms with E-state index in [9.17, 15) is 4.39 Å². The molecule has 0 radical (unpaired) electrons. The summed E-state index contributed by atoms with van der Waals surface area (Å²) in [5.41, 5.74) is 1.06. The van der Waals surface area contributed by atoms with Crippen LogP contribution in [0.25, 0.3) is 10.8 Å². The highest BCUT2D eigenvalue weighted by atomic mass is 79.9. The van der Waals surface area contributed by atoms with Gasteiger partial charge < -0.3 is 0 Å². The highest BCUT2D eigenvalue weighted by Gasteiger charge is 2.05. The second kappa shape index (κ2) is 4.75. The van der Waals surface area contributed by atoms with E-state index in [0.29, 0.717) is 11.8 Å². The smallest absolute Gasteiger partial charge is 0.114 e. The van der Waals surface area contributed by atoms with Gasteiger partial charge in [0.05, 0.1) is 0 Å². The van der Waals surface area contributed by atoms with Crippen LogP contribution in [0.1, 0.15) is 5.56 Å². The first-order valence-electron chi connectivity index (χ1n) is 4.97. The van der Waals surface area contributed by atoms with E-state index in [4.69, 9.17) is 0 Å². The lowest BCUT2D eigenvalue weighted by molar-refractivity contribution is 0.368. The van der Waals surface area contributed by atoms with Gasteiger partial charge in [-0.1, -0.05) is 58.4 Å². The van der Waals surface area contributed by atoms with Gasteiger partial charge in [0.2, 0.25) is 0 Å². The van der Waals surface area contributed by atoms with Crippen LogP contribution in [0.4, 0.5) is 4.39 Å². The van der Waals surface area contributed by atoms with Gasteiger partial charge in [0.25, 0.3) is 0 Å². The average Bonchev–Trinajstić information content (AvgIpc) is 2.29. The minimum Gasteiger partial charge on any atom is -0.246 e. The van der Waals surface area contributed by atoms with E-state index < -0.39 is 6.17 Å². The number of hydrogen-bond acceptors (Lipinski definition) is 0. The second-order valence-electron chi connectivity index (χ2n) is 3.64. The van der Waals surface area contributed by atoms with Crippen molar-refractivity contribution in [3.63, 3.8) is 0 Å². The molecule has 15 heavy (non-hydrogen) atoms. The van der Waals surface area contributed by atoms with E-state index in [2.05, 4.69) is 34.1 Å². The average molecular weight is 267 g/mol. The molecule has 0 unspecified atom stereocenters. The molecule has 78 valence electrons. The molecule has 2 aromatic rings. The first kappa shape index (κ1) is 10.6. The standard InChI is InChI=1S/C13H12BrF/c14-9-13(15)8-10-5-6-11-3-1-2-4-12(11)7-10/h1-7,13H,8-9H2/t13-/m1/s1. The molecule has 0 bridgehead atoms. The number of hydrogen-bond donors (Lipinski definition) is 0. The summed E-state index contributed by atoms with van der Waals surface area (Å²) in [5, 5.41) is 2.78. The van der Waals surface area contributed by atoms with E-state index >= 15 is 0 Å². The first-order valence-corrected chi connectivity index (χ1v) is 6.09. The van der Waals surface area contributed by atoms with Crippen molar-refractivity contribution < 1.29 is 4.39 Å². The van der Waals surface area contributed by atoms with Crippen molar-refractivity contribution in [2.45, 2.75) is 12.6 Å². The molecule has 0 aliphatic heterocycles. The molecule has 0 aliphatic carbocycles. The molecule has 0 amide bonds. The van der Waals surface area contributed by atoms with Crippen LogP contribution in [0.15, 0.2) is 42.5 Å². The lowest BCUT2D eigenvalue weighted by Gasteiger charge is -2.05. The molecule has 0 N–H and O–H groups in total. The summed E-state index contributed by atoms with van der Waals surface area (Å²) in [5.74, 6) is 0. The molecular weight excluding hydrogens is 255 g/mol. The summed E-state index contributed by atoms with van der Waals surface area (Å²) < 4.78 is 13.2. The molecule has 0 spiro atoms. The zero-order valence-corrected chi connectivity index (χ0v) is 9.87. The maximum atomic E-state index is 13.2. The van der Waals surface area contributed by atoms with Crippen molar-refractivity contribution in [1.29, 1.82) is 0 Å². The Labute approximate surface area is 97.2 Å². The van der Waals surface area contributed by atoms with E-state index in [1.807, 2.05) is 24.3 Å². The van der Waals surface area contributed by atoms with Crippen LogP contribution in [0.2, 0.25) is 0 Å². The van der Waals surface area contributed by atoms with Crippen LogP contribution in [-0.4, -0.2) is 11.5 Å². The van der Waals surface area contributed by atoms with Crippen molar-refractivity contribution in [2.24, 2.45) is 0 Å². The molecular formula is C13H12BrF. The highest BCUT2D eigenvalue weighted by Crippen LogP contribution is 2.17. The van der Waals surface area contributed by atoms with Crippen molar-refractivity contribution in [2.75, 3.05) is 5.33 Å². The van der Waals surface area contributed by atoms with Crippen molar-refractivity contribution >= 4 is 26.7 Å². The molecule has 0 nitrogen and oxygen atoms in total. The third-order valence-corrected chi connectivity index (χ3v) is 3.14. The van der Waals surface area contributed by atoms with Crippen molar-refractivity contribution in [3.05, 3.63) is 48.0 Å². The van der Waals surface area contributed by atoms with Crippen LogP contribution in [0.5, 0.6) is 0 Å². The lowest BCUT2D eigenvalue weighted by Crippen LogP contribution is -2.05. The molecule has 0 heterocycles. The fourth-order valence-corrected chi connectivity index (χ4v) is 1.90. The van der Waals surface area contributed by atoms with E-state index in [-0.39, 0.29) is 0 Å². The first-order chi connectivity index (χ1) is 7.29. The Morgan fingerprint density at radius 3 is 2.53 bits per heavy atom. The summed E-state index contributed by atoms with van der Waals surface area (Å²) in [6.07, 6.45) is -0.318. The number of alkyl halides is 2. The van der Waals surface area contributed by atoms with Gasteiger partial charge in [-0.2, -0.15) is 0 Å². The molecule has 0 aliphatic rings. The summed E-state index contributed by atoms with van der Waals surface area (Å²) in [7, 11) is 0. The van der Waals surface area contributed by atoms with E-state index in [1.54, 1.807) is 0 Å². The van der Waals surface area contributed by atoms with Crippen LogP contribution >= 0.6 is 15.9 Å². The Bertz CT molecular complexity index is 453. The second-order valence-corrected chi connectivity index (χ2v) is 4.28. The Balaban J connectivity index is 2.30. The monoisotopic (exact) mass is 266 g/mol. The van der Waals surface area contributed by atoms with Gasteiger partial charge in [-0.05, 0) is 16.3 Å². The Hall–Kier alpha value is -0.890. The maximum absolute atomic E-state index is 13.2. The number of fused-ring (bicyclic) bond motifs is 1.